The molecule has 0 radical (unpaired) electrons. The number of carbonyl (C=O) groups excluding carboxylic acids is 1. The average Bonchev–Trinajstić information content (AvgIpc) is 3.23. The number of hydrogen-bond acceptors (Lipinski definition) is 4. The van der Waals surface area contributed by atoms with Crippen LogP contribution in [0.15, 0.2) is 36.7 Å². The zero-order valence-electron chi connectivity index (χ0n) is 14.5. The van der Waals surface area contributed by atoms with Crippen LogP contribution >= 0.6 is 0 Å². The van der Waals surface area contributed by atoms with Gasteiger partial charge in [-0.1, -0.05) is 30.3 Å². The first-order chi connectivity index (χ1) is 12.2. The van der Waals surface area contributed by atoms with Crippen LogP contribution in [0.25, 0.3) is 0 Å². The second-order valence-corrected chi connectivity index (χ2v) is 7.09. The lowest BCUT2D eigenvalue weighted by molar-refractivity contribution is -0.127. The molecule has 1 saturated heterocycles. The van der Waals surface area contributed by atoms with Crippen LogP contribution in [-0.2, 0) is 29.4 Å². The van der Waals surface area contributed by atoms with Crippen molar-refractivity contribution >= 4 is 5.91 Å². The van der Waals surface area contributed by atoms with Crippen molar-refractivity contribution in [2.24, 2.45) is 18.9 Å². The molecular formula is C19H24N4O2. The minimum Gasteiger partial charge on any atom is -0.377 e. The van der Waals surface area contributed by atoms with Gasteiger partial charge in [-0.15, -0.1) is 10.2 Å². The summed E-state index contributed by atoms with van der Waals surface area (Å²) in [6, 6.07) is 10.7. The van der Waals surface area contributed by atoms with Gasteiger partial charge in [0, 0.05) is 44.4 Å². The number of amides is 1. The highest BCUT2D eigenvalue weighted by Gasteiger charge is 2.53. The Hall–Kier alpha value is -2.21. The maximum Gasteiger partial charge on any atom is 0.220 e. The number of nitrogens with zero attached hydrogens (tertiary/aromatic N) is 3. The van der Waals surface area contributed by atoms with Crippen molar-refractivity contribution < 1.29 is 9.53 Å². The van der Waals surface area contributed by atoms with Crippen LogP contribution in [0, 0.1) is 11.8 Å². The average molecular weight is 340 g/mol. The molecule has 132 valence electrons. The van der Waals surface area contributed by atoms with Crippen molar-refractivity contribution in [3.05, 3.63) is 48.0 Å². The third kappa shape index (κ3) is 3.31. The zero-order valence-corrected chi connectivity index (χ0v) is 14.5. The molecule has 1 aliphatic carbocycles. The highest BCUT2D eigenvalue weighted by Crippen LogP contribution is 2.45. The molecule has 1 saturated carbocycles. The van der Waals surface area contributed by atoms with Gasteiger partial charge in [0.15, 0.2) is 0 Å². The molecule has 1 amide bonds. The van der Waals surface area contributed by atoms with Gasteiger partial charge in [-0.05, 0) is 18.4 Å². The fourth-order valence-corrected chi connectivity index (χ4v) is 4.19. The van der Waals surface area contributed by atoms with Gasteiger partial charge in [0.05, 0.1) is 6.10 Å². The molecule has 1 aromatic heterocycles. The van der Waals surface area contributed by atoms with Gasteiger partial charge in [-0.25, -0.2) is 0 Å². The largest absolute Gasteiger partial charge is 0.377 e. The van der Waals surface area contributed by atoms with E-state index in [0.717, 1.165) is 25.3 Å². The van der Waals surface area contributed by atoms with Crippen LogP contribution in [0.2, 0.25) is 0 Å². The predicted octanol–water partition coefficient (Wildman–Crippen LogP) is 1.51. The van der Waals surface area contributed by atoms with E-state index in [-0.39, 0.29) is 11.9 Å². The smallest absolute Gasteiger partial charge is 0.220 e. The molecule has 0 unspecified atom stereocenters. The second kappa shape index (κ2) is 6.96. The molecule has 2 aliphatic rings. The number of hydrogen-bond donors (Lipinski definition) is 1. The van der Waals surface area contributed by atoms with Crippen LogP contribution in [0.3, 0.4) is 0 Å². The maximum atomic E-state index is 12.4. The summed E-state index contributed by atoms with van der Waals surface area (Å²) >= 11 is 0. The number of aromatic nitrogens is 3. The Bertz CT molecular complexity index is 730. The van der Waals surface area contributed by atoms with Crippen LogP contribution in [0.5, 0.6) is 0 Å². The van der Waals surface area contributed by atoms with Crippen LogP contribution < -0.4 is 5.32 Å². The van der Waals surface area contributed by atoms with E-state index in [1.807, 2.05) is 17.7 Å². The number of carbonyl (C=O) groups is 1. The van der Waals surface area contributed by atoms with E-state index in [1.54, 1.807) is 6.33 Å². The van der Waals surface area contributed by atoms with E-state index in [0.29, 0.717) is 30.8 Å². The molecule has 4 rings (SSSR count). The molecular weight excluding hydrogens is 316 g/mol. The highest BCUT2D eigenvalue weighted by molar-refractivity contribution is 5.76. The molecule has 1 aliphatic heterocycles. The molecule has 1 N–H and O–H groups in total. The third-order valence-electron chi connectivity index (χ3n) is 5.55. The minimum atomic E-state index is 0.0939. The molecule has 6 nitrogen and oxygen atoms in total. The fourth-order valence-electron chi connectivity index (χ4n) is 4.19. The summed E-state index contributed by atoms with van der Waals surface area (Å²) in [5.41, 5.74) is 1.31. The van der Waals surface area contributed by atoms with E-state index >= 15 is 0 Å². The van der Waals surface area contributed by atoms with Crippen molar-refractivity contribution in [3.8, 4) is 0 Å². The zero-order chi connectivity index (χ0) is 17.2. The van der Waals surface area contributed by atoms with Gasteiger partial charge >= 0.3 is 0 Å². The highest BCUT2D eigenvalue weighted by atomic mass is 16.5. The van der Waals surface area contributed by atoms with E-state index in [1.165, 1.54) is 5.56 Å². The van der Waals surface area contributed by atoms with Crippen LogP contribution in [0.4, 0.5) is 0 Å². The summed E-state index contributed by atoms with van der Waals surface area (Å²) in [5, 5.41) is 11.2. The van der Waals surface area contributed by atoms with Crippen molar-refractivity contribution in [1.29, 1.82) is 0 Å². The number of rotatable bonds is 6. The summed E-state index contributed by atoms with van der Waals surface area (Å²) in [6.07, 6.45) is 5.02. The number of benzene rings is 1. The van der Waals surface area contributed by atoms with Gasteiger partial charge in [-0.3, -0.25) is 4.79 Å². The molecule has 4 atom stereocenters. The van der Waals surface area contributed by atoms with Gasteiger partial charge in [0.2, 0.25) is 5.91 Å². The van der Waals surface area contributed by atoms with Gasteiger partial charge in [-0.2, -0.15) is 0 Å². The SMILES string of the molecule is Cn1cnnc1CCC(=O)N[C@@H]1[C@H]2CCO[C@H]2[C@H]1Cc1ccccc1. The first-order valence-corrected chi connectivity index (χ1v) is 9.00. The van der Waals surface area contributed by atoms with Gasteiger partial charge in [0.1, 0.15) is 12.2 Å². The summed E-state index contributed by atoms with van der Waals surface area (Å²) in [4.78, 5) is 12.4. The van der Waals surface area contributed by atoms with Gasteiger partial charge < -0.3 is 14.6 Å². The Balaban J connectivity index is 1.36. The molecule has 0 spiro atoms. The summed E-state index contributed by atoms with van der Waals surface area (Å²) in [6.45, 7) is 0.811. The van der Waals surface area contributed by atoms with Crippen LogP contribution in [0.1, 0.15) is 24.2 Å². The third-order valence-corrected chi connectivity index (χ3v) is 5.55. The van der Waals surface area contributed by atoms with Crippen molar-refractivity contribution in [2.45, 2.75) is 37.8 Å². The fraction of sp³-hybridized carbons (Fsp3) is 0.526. The first-order valence-electron chi connectivity index (χ1n) is 9.00. The quantitative estimate of drug-likeness (QED) is 0.865. The Labute approximate surface area is 147 Å². The molecule has 2 heterocycles. The standard InChI is InChI=1S/C19H24N4O2/c1-23-12-20-22-16(23)7-8-17(24)21-18-14-9-10-25-19(14)15(18)11-13-5-3-2-4-6-13/h2-6,12,14-15,18-19H,7-11H2,1H3,(H,21,24)/t14-,15+,18-,19-/m1/s1. The topological polar surface area (TPSA) is 69.0 Å². The molecule has 2 fully saturated rings. The Kier molecular flexibility index (Phi) is 4.53. The molecule has 1 aromatic carbocycles. The molecule has 2 aromatic rings. The number of nitrogens with one attached hydrogen (secondary N) is 1. The van der Waals surface area contributed by atoms with Crippen molar-refractivity contribution in [3.63, 3.8) is 0 Å². The predicted molar refractivity (Wildman–Crippen MR) is 92.7 cm³/mol. The monoisotopic (exact) mass is 340 g/mol. The van der Waals surface area contributed by atoms with E-state index in [2.05, 4.69) is 39.8 Å². The lowest BCUT2D eigenvalue weighted by Crippen LogP contribution is -2.62. The Morgan fingerprint density at radius 3 is 2.96 bits per heavy atom. The van der Waals surface area contributed by atoms with E-state index in [4.69, 9.17) is 4.74 Å². The van der Waals surface area contributed by atoms with Crippen LogP contribution in [-0.4, -0.2) is 39.4 Å². The number of ether oxygens (including phenoxy) is 1. The minimum absolute atomic E-state index is 0.0939. The lowest BCUT2D eigenvalue weighted by Gasteiger charge is -2.48. The molecule has 25 heavy (non-hydrogen) atoms. The summed E-state index contributed by atoms with van der Waals surface area (Å²) in [7, 11) is 1.90. The summed E-state index contributed by atoms with van der Waals surface area (Å²) in [5.74, 6) is 1.77. The first kappa shape index (κ1) is 16.3. The normalized spacial score (nSPS) is 27.6. The van der Waals surface area contributed by atoms with E-state index < -0.39 is 0 Å². The lowest BCUT2D eigenvalue weighted by atomic mass is 9.64. The molecule has 6 heteroatoms. The molecule has 0 bridgehead atoms. The maximum absolute atomic E-state index is 12.4. The summed E-state index contributed by atoms with van der Waals surface area (Å²) < 4.78 is 7.77. The Morgan fingerprint density at radius 1 is 1.36 bits per heavy atom. The van der Waals surface area contributed by atoms with Crippen molar-refractivity contribution in [2.75, 3.05) is 6.61 Å². The Morgan fingerprint density at radius 2 is 2.20 bits per heavy atom. The van der Waals surface area contributed by atoms with E-state index in [9.17, 15) is 4.79 Å². The van der Waals surface area contributed by atoms with Gasteiger partial charge in [0.25, 0.3) is 0 Å². The number of fused-ring (bicyclic) bond motifs is 1. The number of aryl methyl sites for hydroxylation is 2. The second-order valence-electron chi connectivity index (χ2n) is 7.09. The van der Waals surface area contributed by atoms with Crippen molar-refractivity contribution in [1.82, 2.24) is 20.1 Å².